The van der Waals surface area contributed by atoms with Crippen molar-refractivity contribution in [3.8, 4) is 0 Å². The molecule has 0 aliphatic carbocycles. The lowest BCUT2D eigenvalue weighted by molar-refractivity contribution is 0.0817. The van der Waals surface area contributed by atoms with Crippen molar-refractivity contribution in [1.29, 1.82) is 0 Å². The van der Waals surface area contributed by atoms with Gasteiger partial charge in [0.2, 0.25) is 0 Å². The SMILES string of the molecule is CC1(C)CCCC([C@@H](O)c2ccccc2F)N1. The van der Waals surface area contributed by atoms with Gasteiger partial charge in [0.25, 0.3) is 0 Å². The molecule has 17 heavy (non-hydrogen) atoms. The first-order chi connectivity index (χ1) is 7.99. The van der Waals surface area contributed by atoms with E-state index in [9.17, 15) is 9.50 Å². The van der Waals surface area contributed by atoms with Crippen molar-refractivity contribution < 1.29 is 9.50 Å². The first-order valence-corrected chi connectivity index (χ1v) is 6.20. The van der Waals surface area contributed by atoms with E-state index in [4.69, 9.17) is 0 Å². The zero-order valence-electron chi connectivity index (χ0n) is 10.4. The molecule has 1 heterocycles. The molecule has 0 radical (unpaired) electrons. The zero-order valence-corrected chi connectivity index (χ0v) is 10.4. The van der Waals surface area contributed by atoms with Gasteiger partial charge in [0.1, 0.15) is 5.82 Å². The lowest BCUT2D eigenvalue weighted by Crippen LogP contribution is -2.51. The zero-order chi connectivity index (χ0) is 12.5. The van der Waals surface area contributed by atoms with E-state index < -0.39 is 6.10 Å². The Bertz CT molecular complexity index is 392. The number of hydrogen-bond donors (Lipinski definition) is 2. The smallest absolute Gasteiger partial charge is 0.129 e. The van der Waals surface area contributed by atoms with Crippen LogP contribution in [0.5, 0.6) is 0 Å². The quantitative estimate of drug-likeness (QED) is 0.829. The van der Waals surface area contributed by atoms with Gasteiger partial charge in [0, 0.05) is 17.1 Å². The highest BCUT2D eigenvalue weighted by Gasteiger charge is 2.32. The molecule has 1 aliphatic heterocycles. The molecule has 1 fully saturated rings. The van der Waals surface area contributed by atoms with E-state index in [0.717, 1.165) is 19.3 Å². The maximum atomic E-state index is 13.6. The second-order valence-corrected chi connectivity index (χ2v) is 5.49. The normalized spacial score (nSPS) is 25.5. The Morgan fingerprint density at radius 2 is 2.12 bits per heavy atom. The van der Waals surface area contributed by atoms with E-state index in [0.29, 0.717) is 5.56 Å². The molecule has 1 aliphatic rings. The summed E-state index contributed by atoms with van der Waals surface area (Å²) in [6.07, 6.45) is 2.28. The number of benzene rings is 1. The van der Waals surface area contributed by atoms with E-state index >= 15 is 0 Å². The fraction of sp³-hybridized carbons (Fsp3) is 0.571. The fourth-order valence-corrected chi connectivity index (χ4v) is 2.58. The monoisotopic (exact) mass is 237 g/mol. The van der Waals surface area contributed by atoms with Crippen molar-refractivity contribution >= 4 is 0 Å². The van der Waals surface area contributed by atoms with Crippen LogP contribution in [0.2, 0.25) is 0 Å². The molecule has 1 aromatic rings. The second kappa shape index (κ2) is 4.75. The van der Waals surface area contributed by atoms with Gasteiger partial charge in [-0.15, -0.1) is 0 Å². The summed E-state index contributed by atoms with van der Waals surface area (Å²) in [5.41, 5.74) is 0.414. The molecule has 1 unspecified atom stereocenters. The van der Waals surface area contributed by atoms with Gasteiger partial charge in [-0.1, -0.05) is 18.2 Å². The molecule has 0 spiro atoms. The highest BCUT2D eigenvalue weighted by atomic mass is 19.1. The number of rotatable bonds is 2. The van der Waals surface area contributed by atoms with Crippen LogP contribution in [0.1, 0.15) is 44.8 Å². The number of nitrogens with one attached hydrogen (secondary N) is 1. The summed E-state index contributed by atoms with van der Waals surface area (Å²) in [6, 6.07) is 6.39. The van der Waals surface area contributed by atoms with E-state index in [2.05, 4.69) is 19.2 Å². The maximum absolute atomic E-state index is 13.6. The van der Waals surface area contributed by atoms with Crippen molar-refractivity contribution in [3.63, 3.8) is 0 Å². The topological polar surface area (TPSA) is 32.3 Å². The first-order valence-electron chi connectivity index (χ1n) is 6.20. The molecule has 2 nitrogen and oxygen atoms in total. The Labute approximate surface area is 102 Å². The van der Waals surface area contributed by atoms with Crippen LogP contribution in [-0.4, -0.2) is 16.7 Å². The third-order valence-electron chi connectivity index (χ3n) is 3.50. The summed E-state index contributed by atoms with van der Waals surface area (Å²) in [5, 5.41) is 13.7. The van der Waals surface area contributed by atoms with Crippen LogP contribution >= 0.6 is 0 Å². The van der Waals surface area contributed by atoms with Crippen LogP contribution in [0.4, 0.5) is 4.39 Å². The Kier molecular flexibility index (Phi) is 3.50. The van der Waals surface area contributed by atoms with Gasteiger partial charge in [0.05, 0.1) is 6.10 Å². The lowest BCUT2D eigenvalue weighted by Gasteiger charge is -2.39. The van der Waals surface area contributed by atoms with Crippen LogP contribution in [0.25, 0.3) is 0 Å². The fourth-order valence-electron chi connectivity index (χ4n) is 2.58. The van der Waals surface area contributed by atoms with Crippen LogP contribution in [0.15, 0.2) is 24.3 Å². The number of piperidine rings is 1. The minimum atomic E-state index is -0.768. The molecule has 2 rings (SSSR count). The Hall–Kier alpha value is -0.930. The molecule has 2 atom stereocenters. The third-order valence-corrected chi connectivity index (χ3v) is 3.50. The van der Waals surface area contributed by atoms with Crippen molar-refractivity contribution in [2.24, 2.45) is 0 Å². The standard InChI is InChI=1S/C14H20FNO/c1-14(2)9-5-8-12(16-14)13(17)10-6-3-4-7-11(10)15/h3-4,6-7,12-13,16-17H,5,8-9H2,1-2H3/t12?,13-/m0/s1. The molecule has 0 bridgehead atoms. The lowest BCUT2D eigenvalue weighted by atomic mass is 9.85. The molecular formula is C14H20FNO. The first kappa shape index (κ1) is 12.5. The van der Waals surface area contributed by atoms with Gasteiger partial charge in [-0.2, -0.15) is 0 Å². The van der Waals surface area contributed by atoms with Gasteiger partial charge in [-0.3, -0.25) is 0 Å². The van der Waals surface area contributed by atoms with Gasteiger partial charge in [-0.05, 0) is 39.2 Å². The van der Waals surface area contributed by atoms with Crippen molar-refractivity contribution in [1.82, 2.24) is 5.32 Å². The minimum absolute atomic E-state index is 0.0230. The average molecular weight is 237 g/mol. The summed E-state index contributed by atoms with van der Waals surface area (Å²) in [7, 11) is 0. The van der Waals surface area contributed by atoms with Crippen LogP contribution in [0, 0.1) is 5.82 Å². The largest absolute Gasteiger partial charge is 0.387 e. The summed E-state index contributed by atoms with van der Waals surface area (Å²) in [4.78, 5) is 0. The highest BCUT2D eigenvalue weighted by molar-refractivity contribution is 5.21. The molecule has 3 heteroatoms. The third kappa shape index (κ3) is 2.85. The predicted octanol–water partition coefficient (Wildman–Crippen LogP) is 2.78. The van der Waals surface area contributed by atoms with Crippen LogP contribution in [-0.2, 0) is 0 Å². The van der Waals surface area contributed by atoms with Crippen molar-refractivity contribution in [3.05, 3.63) is 35.6 Å². The van der Waals surface area contributed by atoms with E-state index in [1.165, 1.54) is 6.07 Å². The molecule has 2 N–H and O–H groups in total. The van der Waals surface area contributed by atoms with Gasteiger partial charge in [-0.25, -0.2) is 4.39 Å². The predicted molar refractivity (Wildman–Crippen MR) is 66.2 cm³/mol. The molecule has 0 aromatic heterocycles. The van der Waals surface area contributed by atoms with Gasteiger partial charge >= 0.3 is 0 Å². The highest BCUT2D eigenvalue weighted by Crippen LogP contribution is 2.29. The number of hydrogen-bond acceptors (Lipinski definition) is 2. The molecular weight excluding hydrogens is 217 g/mol. The molecule has 1 aromatic carbocycles. The van der Waals surface area contributed by atoms with Gasteiger partial charge < -0.3 is 10.4 Å². The Balaban J connectivity index is 2.15. The second-order valence-electron chi connectivity index (χ2n) is 5.49. The molecule has 94 valence electrons. The van der Waals surface area contributed by atoms with Crippen LogP contribution < -0.4 is 5.32 Å². The van der Waals surface area contributed by atoms with Gasteiger partial charge in [0.15, 0.2) is 0 Å². The van der Waals surface area contributed by atoms with E-state index in [1.807, 2.05) is 0 Å². The number of aliphatic hydroxyl groups excluding tert-OH is 1. The summed E-state index contributed by atoms with van der Waals surface area (Å²) < 4.78 is 13.6. The molecule has 1 saturated heterocycles. The van der Waals surface area contributed by atoms with Crippen LogP contribution in [0.3, 0.4) is 0 Å². The van der Waals surface area contributed by atoms with Crippen molar-refractivity contribution in [2.45, 2.75) is 50.8 Å². The summed E-state index contributed by atoms with van der Waals surface area (Å²) >= 11 is 0. The Morgan fingerprint density at radius 1 is 1.41 bits per heavy atom. The molecule has 0 saturated carbocycles. The van der Waals surface area contributed by atoms with E-state index in [-0.39, 0.29) is 17.4 Å². The van der Waals surface area contributed by atoms with E-state index in [1.54, 1.807) is 18.2 Å². The summed E-state index contributed by atoms with van der Waals surface area (Å²) in [5.74, 6) is -0.329. The average Bonchev–Trinajstić information content (AvgIpc) is 2.27. The maximum Gasteiger partial charge on any atom is 0.129 e. The summed E-state index contributed by atoms with van der Waals surface area (Å²) in [6.45, 7) is 4.24. The Morgan fingerprint density at radius 3 is 2.76 bits per heavy atom. The minimum Gasteiger partial charge on any atom is -0.387 e. The van der Waals surface area contributed by atoms with Crippen molar-refractivity contribution in [2.75, 3.05) is 0 Å². The number of aliphatic hydroxyl groups is 1. The molecule has 0 amide bonds. The number of halogens is 1.